The summed E-state index contributed by atoms with van der Waals surface area (Å²) in [5.41, 5.74) is 0.726. The van der Waals surface area contributed by atoms with Crippen molar-refractivity contribution in [2.24, 2.45) is 0 Å². The minimum absolute atomic E-state index is 0.0649. The molecule has 1 aliphatic heterocycles. The van der Waals surface area contributed by atoms with E-state index < -0.39 is 0 Å². The van der Waals surface area contributed by atoms with Gasteiger partial charge in [0.15, 0.2) is 0 Å². The van der Waals surface area contributed by atoms with Crippen LogP contribution in [-0.4, -0.2) is 63.9 Å². The van der Waals surface area contributed by atoms with Crippen molar-refractivity contribution in [2.75, 3.05) is 27.2 Å². The zero-order valence-electron chi connectivity index (χ0n) is 13.4. The van der Waals surface area contributed by atoms with Gasteiger partial charge in [-0.3, -0.25) is 4.79 Å². The Labute approximate surface area is 134 Å². The monoisotopic (exact) mass is 315 g/mol. The third-order valence-electron chi connectivity index (χ3n) is 4.86. The molecule has 122 valence electrons. The highest BCUT2D eigenvalue weighted by atomic mass is 16.3. The molecular weight excluding hydrogens is 294 g/mol. The molecule has 0 aromatic carbocycles. The van der Waals surface area contributed by atoms with Gasteiger partial charge in [-0.2, -0.15) is 0 Å². The van der Waals surface area contributed by atoms with Gasteiger partial charge < -0.3 is 14.2 Å². The minimum Gasteiger partial charge on any atom is -0.468 e. The molecule has 2 aliphatic rings. The van der Waals surface area contributed by atoms with Gasteiger partial charge in [-0.15, -0.1) is 5.10 Å². The highest BCUT2D eigenvalue weighted by molar-refractivity contribution is 5.95. The number of likely N-dealkylation sites (N-methyl/N-ethyl adjacent to an activating group) is 1. The highest BCUT2D eigenvalue weighted by Crippen LogP contribution is 2.42. The highest BCUT2D eigenvalue weighted by Gasteiger charge is 2.40. The molecule has 1 amide bonds. The van der Waals surface area contributed by atoms with E-state index in [2.05, 4.69) is 15.2 Å². The Morgan fingerprint density at radius 3 is 2.83 bits per heavy atom. The zero-order chi connectivity index (χ0) is 16.0. The maximum Gasteiger partial charge on any atom is 0.257 e. The largest absolute Gasteiger partial charge is 0.468 e. The molecule has 1 saturated carbocycles. The fourth-order valence-electron chi connectivity index (χ4n) is 3.43. The second-order valence-electron chi connectivity index (χ2n) is 6.66. The van der Waals surface area contributed by atoms with Crippen LogP contribution in [-0.2, 0) is 0 Å². The normalized spacial score (nSPS) is 24.6. The average Bonchev–Trinajstić information content (AvgIpc) is 3.03. The predicted molar refractivity (Wildman–Crippen MR) is 83.1 cm³/mol. The number of aromatic nitrogens is 3. The van der Waals surface area contributed by atoms with Crippen LogP contribution >= 0.6 is 0 Å². The zero-order valence-corrected chi connectivity index (χ0v) is 13.4. The van der Waals surface area contributed by atoms with Gasteiger partial charge in [0, 0.05) is 25.2 Å². The Morgan fingerprint density at radius 2 is 2.17 bits per heavy atom. The first-order valence-corrected chi connectivity index (χ1v) is 8.04. The van der Waals surface area contributed by atoms with Gasteiger partial charge in [0.25, 0.3) is 5.91 Å². The van der Waals surface area contributed by atoms with E-state index >= 15 is 0 Å². The summed E-state index contributed by atoms with van der Waals surface area (Å²) >= 11 is 0. The van der Waals surface area contributed by atoms with E-state index in [1.54, 1.807) is 12.5 Å². The lowest BCUT2D eigenvalue weighted by Gasteiger charge is -2.24. The van der Waals surface area contributed by atoms with E-state index in [9.17, 15) is 4.79 Å². The number of nitrogens with zero attached hydrogens (tertiary/aromatic N) is 5. The van der Waals surface area contributed by atoms with E-state index in [0.29, 0.717) is 19.0 Å². The van der Waals surface area contributed by atoms with Crippen LogP contribution in [0.4, 0.5) is 0 Å². The van der Waals surface area contributed by atoms with Crippen LogP contribution in [0.1, 0.15) is 40.9 Å². The molecule has 0 radical (unpaired) electrons. The van der Waals surface area contributed by atoms with E-state index in [1.807, 2.05) is 35.9 Å². The van der Waals surface area contributed by atoms with Crippen LogP contribution in [0.15, 0.2) is 29.1 Å². The maximum absolute atomic E-state index is 12.9. The second kappa shape index (κ2) is 5.49. The molecular formula is C16H21N5O2. The topological polar surface area (TPSA) is 67.4 Å². The van der Waals surface area contributed by atoms with Crippen LogP contribution in [0.5, 0.6) is 0 Å². The van der Waals surface area contributed by atoms with Crippen LogP contribution in [0.3, 0.4) is 0 Å². The summed E-state index contributed by atoms with van der Waals surface area (Å²) in [7, 11) is 4.08. The molecule has 2 fully saturated rings. The summed E-state index contributed by atoms with van der Waals surface area (Å²) in [6, 6.07) is 2.15. The summed E-state index contributed by atoms with van der Waals surface area (Å²) in [5.74, 6) is 1.36. The minimum atomic E-state index is 0.0649. The molecule has 0 bridgehead atoms. The van der Waals surface area contributed by atoms with Gasteiger partial charge >= 0.3 is 0 Å². The Hall–Kier alpha value is -2.15. The van der Waals surface area contributed by atoms with Gasteiger partial charge in [0.1, 0.15) is 5.76 Å². The SMILES string of the molecule is CN(C)[C@@H]1CN(C(=O)c2ccoc2C2CC2)C[C@@H]1n1ccnn1. The van der Waals surface area contributed by atoms with Gasteiger partial charge in [0.05, 0.1) is 30.1 Å². The number of furan rings is 1. The van der Waals surface area contributed by atoms with Gasteiger partial charge in [0.2, 0.25) is 0 Å². The van der Waals surface area contributed by atoms with Crippen molar-refractivity contribution < 1.29 is 9.21 Å². The Bertz CT molecular complexity index is 689. The lowest BCUT2D eigenvalue weighted by atomic mass is 10.1. The Kier molecular flexibility index (Phi) is 3.45. The van der Waals surface area contributed by atoms with Crippen molar-refractivity contribution in [3.8, 4) is 0 Å². The molecule has 0 spiro atoms. The first-order chi connectivity index (χ1) is 11.1. The fraction of sp³-hybridized carbons (Fsp3) is 0.562. The maximum atomic E-state index is 12.9. The molecule has 3 heterocycles. The number of likely N-dealkylation sites (tertiary alicyclic amines) is 1. The molecule has 0 unspecified atom stereocenters. The number of carbonyl (C=O) groups is 1. The average molecular weight is 315 g/mol. The van der Waals surface area contributed by atoms with E-state index in [0.717, 1.165) is 24.2 Å². The first kappa shape index (κ1) is 14.4. The van der Waals surface area contributed by atoms with Crippen molar-refractivity contribution in [3.05, 3.63) is 36.0 Å². The Balaban J connectivity index is 1.57. The number of amides is 1. The molecule has 1 saturated heterocycles. The molecule has 7 nitrogen and oxygen atoms in total. The summed E-state index contributed by atoms with van der Waals surface area (Å²) in [6.45, 7) is 1.33. The third kappa shape index (κ3) is 2.55. The molecule has 2 atom stereocenters. The van der Waals surface area contributed by atoms with Gasteiger partial charge in [-0.25, -0.2) is 4.68 Å². The molecule has 7 heteroatoms. The quantitative estimate of drug-likeness (QED) is 0.852. The predicted octanol–water partition coefficient (Wildman–Crippen LogP) is 1.38. The van der Waals surface area contributed by atoms with Crippen LogP contribution in [0.25, 0.3) is 0 Å². The van der Waals surface area contributed by atoms with Crippen molar-refractivity contribution in [3.63, 3.8) is 0 Å². The number of hydrogen-bond acceptors (Lipinski definition) is 5. The molecule has 23 heavy (non-hydrogen) atoms. The van der Waals surface area contributed by atoms with Crippen molar-refractivity contribution >= 4 is 5.91 Å². The number of hydrogen-bond donors (Lipinski definition) is 0. The number of rotatable bonds is 4. The summed E-state index contributed by atoms with van der Waals surface area (Å²) in [6.07, 6.45) is 7.42. The van der Waals surface area contributed by atoms with Crippen LogP contribution < -0.4 is 0 Å². The lowest BCUT2D eigenvalue weighted by molar-refractivity contribution is 0.0778. The van der Waals surface area contributed by atoms with Crippen molar-refractivity contribution in [1.82, 2.24) is 24.8 Å². The molecule has 2 aromatic heterocycles. The smallest absolute Gasteiger partial charge is 0.257 e. The molecule has 2 aromatic rings. The fourth-order valence-corrected chi connectivity index (χ4v) is 3.43. The third-order valence-corrected chi connectivity index (χ3v) is 4.86. The summed E-state index contributed by atoms with van der Waals surface area (Å²) in [5, 5.41) is 8.03. The standard InChI is InChI=1S/C16H21N5O2/c1-19(2)13-9-20(10-14(13)21-7-6-17-18-21)16(22)12-5-8-23-15(12)11-3-4-11/h5-8,11,13-14H,3-4,9-10H2,1-2H3/t13-,14+/m1/s1. The molecule has 4 rings (SSSR count). The van der Waals surface area contributed by atoms with E-state index in [4.69, 9.17) is 4.42 Å². The Morgan fingerprint density at radius 1 is 1.35 bits per heavy atom. The second-order valence-corrected chi connectivity index (χ2v) is 6.66. The van der Waals surface area contributed by atoms with Gasteiger partial charge in [-0.05, 0) is 33.0 Å². The summed E-state index contributed by atoms with van der Waals surface area (Å²) < 4.78 is 7.41. The van der Waals surface area contributed by atoms with Crippen LogP contribution in [0.2, 0.25) is 0 Å². The number of carbonyl (C=O) groups excluding carboxylic acids is 1. The van der Waals surface area contributed by atoms with Crippen molar-refractivity contribution in [1.29, 1.82) is 0 Å². The lowest BCUT2D eigenvalue weighted by Crippen LogP contribution is -2.37. The van der Waals surface area contributed by atoms with E-state index in [1.165, 1.54) is 0 Å². The van der Waals surface area contributed by atoms with Crippen LogP contribution in [0, 0.1) is 0 Å². The molecule has 1 aliphatic carbocycles. The molecule has 0 N–H and O–H groups in total. The summed E-state index contributed by atoms with van der Waals surface area (Å²) in [4.78, 5) is 17.0. The first-order valence-electron chi connectivity index (χ1n) is 8.04. The van der Waals surface area contributed by atoms with E-state index in [-0.39, 0.29) is 18.0 Å². The van der Waals surface area contributed by atoms with Gasteiger partial charge in [-0.1, -0.05) is 5.21 Å². The van der Waals surface area contributed by atoms with Crippen molar-refractivity contribution in [2.45, 2.75) is 30.8 Å².